The van der Waals surface area contributed by atoms with E-state index < -0.39 is 0 Å². The maximum Gasteiger partial charge on any atom is 0.158 e. The Bertz CT molecular complexity index is 675. The van der Waals surface area contributed by atoms with Gasteiger partial charge in [-0.15, -0.1) is 0 Å². The molecule has 1 fully saturated rings. The van der Waals surface area contributed by atoms with Crippen molar-refractivity contribution in [2.75, 3.05) is 6.61 Å². The van der Waals surface area contributed by atoms with Gasteiger partial charge in [0.25, 0.3) is 0 Å². The first-order valence-corrected chi connectivity index (χ1v) is 7.72. The highest BCUT2D eigenvalue weighted by atomic mass is 16.7. The Labute approximate surface area is 130 Å². The van der Waals surface area contributed by atoms with Crippen LogP contribution in [0.1, 0.15) is 37.3 Å². The number of rotatable bonds is 4. The zero-order valence-electron chi connectivity index (χ0n) is 12.8. The van der Waals surface area contributed by atoms with Gasteiger partial charge in [-0.25, -0.2) is 0 Å². The minimum absolute atomic E-state index is 0.0899. The molecule has 1 saturated heterocycles. The lowest BCUT2D eigenvalue weighted by atomic mass is 9.97. The van der Waals surface area contributed by atoms with Crippen molar-refractivity contribution >= 4 is 16.5 Å². The van der Waals surface area contributed by atoms with E-state index >= 15 is 0 Å². The molecule has 0 aromatic heterocycles. The van der Waals surface area contributed by atoms with Gasteiger partial charge in [0.2, 0.25) is 0 Å². The fourth-order valence-corrected chi connectivity index (χ4v) is 2.88. The van der Waals surface area contributed by atoms with Crippen molar-refractivity contribution in [1.29, 1.82) is 0 Å². The van der Waals surface area contributed by atoms with Gasteiger partial charge in [-0.05, 0) is 42.5 Å². The van der Waals surface area contributed by atoms with Gasteiger partial charge < -0.3 is 14.7 Å². The summed E-state index contributed by atoms with van der Waals surface area (Å²) in [7, 11) is 0. The van der Waals surface area contributed by atoms with E-state index in [-0.39, 0.29) is 6.29 Å². The van der Waals surface area contributed by atoms with E-state index in [1.165, 1.54) is 0 Å². The molecule has 22 heavy (non-hydrogen) atoms. The zero-order valence-corrected chi connectivity index (χ0v) is 12.8. The number of ether oxygens (including phenoxy) is 2. The standard InChI is InChI=1S/C18H21NO3/c1-13(19-20)15-10-9-14(16-6-2-3-7-17(15)16)12-22-18-8-4-5-11-21-18/h2-3,6-7,9-10,18,20H,4-5,8,11-12H2,1H3/b19-13-. The van der Waals surface area contributed by atoms with Crippen LogP contribution in [0.3, 0.4) is 0 Å². The molecule has 2 aromatic rings. The van der Waals surface area contributed by atoms with Crippen LogP contribution in [-0.2, 0) is 16.1 Å². The maximum atomic E-state index is 9.04. The van der Waals surface area contributed by atoms with Gasteiger partial charge in [-0.1, -0.05) is 41.6 Å². The van der Waals surface area contributed by atoms with E-state index in [0.717, 1.165) is 47.8 Å². The van der Waals surface area contributed by atoms with E-state index in [4.69, 9.17) is 14.7 Å². The minimum Gasteiger partial charge on any atom is -0.411 e. The number of benzene rings is 2. The Balaban J connectivity index is 1.87. The van der Waals surface area contributed by atoms with Crippen LogP contribution in [0.5, 0.6) is 0 Å². The predicted molar refractivity (Wildman–Crippen MR) is 86.3 cm³/mol. The smallest absolute Gasteiger partial charge is 0.158 e. The molecule has 1 heterocycles. The molecule has 0 amide bonds. The molecular weight excluding hydrogens is 278 g/mol. The van der Waals surface area contributed by atoms with Crippen LogP contribution in [0.2, 0.25) is 0 Å². The maximum absolute atomic E-state index is 9.04. The molecule has 1 atom stereocenters. The van der Waals surface area contributed by atoms with Crippen molar-refractivity contribution in [2.24, 2.45) is 5.16 Å². The van der Waals surface area contributed by atoms with Crippen LogP contribution in [0.25, 0.3) is 10.8 Å². The lowest BCUT2D eigenvalue weighted by Crippen LogP contribution is -2.22. The predicted octanol–water partition coefficient (Wildman–Crippen LogP) is 4.08. The molecule has 1 N–H and O–H groups in total. The summed E-state index contributed by atoms with van der Waals surface area (Å²) in [4.78, 5) is 0. The second-order valence-corrected chi connectivity index (χ2v) is 5.61. The fraction of sp³-hybridized carbons (Fsp3) is 0.389. The Morgan fingerprint density at radius 2 is 2.05 bits per heavy atom. The minimum atomic E-state index is -0.0899. The SMILES string of the molecule is C/C(=N/O)c1ccc(COC2CCCCO2)c2ccccc12. The molecule has 2 aromatic carbocycles. The van der Waals surface area contributed by atoms with Gasteiger partial charge in [-0.2, -0.15) is 0 Å². The highest BCUT2D eigenvalue weighted by Crippen LogP contribution is 2.25. The van der Waals surface area contributed by atoms with Gasteiger partial charge in [0.1, 0.15) is 0 Å². The quantitative estimate of drug-likeness (QED) is 0.526. The van der Waals surface area contributed by atoms with Crippen molar-refractivity contribution in [3.63, 3.8) is 0 Å². The molecule has 0 saturated carbocycles. The highest BCUT2D eigenvalue weighted by Gasteiger charge is 2.15. The number of fused-ring (bicyclic) bond motifs is 1. The third kappa shape index (κ3) is 3.13. The highest BCUT2D eigenvalue weighted by molar-refractivity contribution is 6.10. The molecule has 3 rings (SSSR count). The number of oxime groups is 1. The second kappa shape index (κ2) is 6.90. The van der Waals surface area contributed by atoms with Crippen molar-refractivity contribution in [3.05, 3.63) is 47.5 Å². The monoisotopic (exact) mass is 299 g/mol. The fourth-order valence-electron chi connectivity index (χ4n) is 2.88. The normalized spacial score (nSPS) is 19.5. The average molecular weight is 299 g/mol. The lowest BCUT2D eigenvalue weighted by Gasteiger charge is -2.23. The average Bonchev–Trinajstić information content (AvgIpc) is 2.60. The first kappa shape index (κ1) is 15.0. The summed E-state index contributed by atoms with van der Waals surface area (Å²) in [5.74, 6) is 0. The summed E-state index contributed by atoms with van der Waals surface area (Å²) < 4.78 is 11.5. The summed E-state index contributed by atoms with van der Waals surface area (Å²) >= 11 is 0. The molecular formula is C18H21NO3. The number of nitrogens with zero attached hydrogens (tertiary/aromatic N) is 1. The van der Waals surface area contributed by atoms with E-state index in [9.17, 15) is 0 Å². The van der Waals surface area contributed by atoms with Crippen LogP contribution in [0.4, 0.5) is 0 Å². The second-order valence-electron chi connectivity index (χ2n) is 5.61. The lowest BCUT2D eigenvalue weighted by molar-refractivity contribution is -0.168. The van der Waals surface area contributed by atoms with Crippen molar-refractivity contribution < 1.29 is 14.7 Å². The molecule has 0 radical (unpaired) electrons. The Kier molecular flexibility index (Phi) is 4.71. The van der Waals surface area contributed by atoms with Crippen LogP contribution >= 0.6 is 0 Å². The summed E-state index contributed by atoms with van der Waals surface area (Å²) in [5, 5.41) is 14.6. The molecule has 1 aliphatic heterocycles. The third-order valence-corrected chi connectivity index (χ3v) is 4.12. The molecule has 4 heteroatoms. The summed E-state index contributed by atoms with van der Waals surface area (Å²) in [6.07, 6.45) is 3.16. The molecule has 0 aliphatic carbocycles. The van der Waals surface area contributed by atoms with Crippen LogP contribution in [0.15, 0.2) is 41.6 Å². The number of hydrogen-bond donors (Lipinski definition) is 1. The van der Waals surface area contributed by atoms with Gasteiger partial charge >= 0.3 is 0 Å². The first-order chi connectivity index (χ1) is 10.8. The Morgan fingerprint density at radius 1 is 1.23 bits per heavy atom. The Morgan fingerprint density at radius 3 is 2.77 bits per heavy atom. The Hall–Kier alpha value is -1.91. The van der Waals surface area contributed by atoms with E-state index in [1.54, 1.807) is 6.92 Å². The third-order valence-electron chi connectivity index (χ3n) is 4.12. The first-order valence-electron chi connectivity index (χ1n) is 7.72. The summed E-state index contributed by atoms with van der Waals surface area (Å²) in [6, 6.07) is 12.1. The molecule has 116 valence electrons. The van der Waals surface area contributed by atoms with Crippen LogP contribution in [-0.4, -0.2) is 23.8 Å². The van der Waals surface area contributed by atoms with Gasteiger partial charge in [0.05, 0.1) is 12.3 Å². The molecule has 0 bridgehead atoms. The van der Waals surface area contributed by atoms with Gasteiger partial charge in [-0.3, -0.25) is 0 Å². The topological polar surface area (TPSA) is 51.1 Å². The van der Waals surface area contributed by atoms with Gasteiger partial charge in [0, 0.05) is 12.2 Å². The molecule has 4 nitrogen and oxygen atoms in total. The van der Waals surface area contributed by atoms with Gasteiger partial charge in [0.15, 0.2) is 6.29 Å². The van der Waals surface area contributed by atoms with Crippen LogP contribution in [0, 0.1) is 0 Å². The van der Waals surface area contributed by atoms with Crippen molar-refractivity contribution in [1.82, 2.24) is 0 Å². The largest absolute Gasteiger partial charge is 0.411 e. The van der Waals surface area contributed by atoms with Crippen molar-refractivity contribution in [3.8, 4) is 0 Å². The van der Waals surface area contributed by atoms with Crippen LogP contribution < -0.4 is 0 Å². The molecule has 0 spiro atoms. The number of hydrogen-bond acceptors (Lipinski definition) is 4. The van der Waals surface area contributed by atoms with E-state index in [1.807, 2.05) is 30.3 Å². The molecule has 1 aliphatic rings. The molecule has 1 unspecified atom stereocenters. The summed E-state index contributed by atoms with van der Waals surface area (Å²) in [5.41, 5.74) is 2.68. The van der Waals surface area contributed by atoms with Crippen molar-refractivity contribution in [2.45, 2.75) is 39.1 Å². The van der Waals surface area contributed by atoms with E-state index in [2.05, 4.69) is 11.2 Å². The summed E-state index contributed by atoms with van der Waals surface area (Å²) in [6.45, 7) is 3.12. The van der Waals surface area contributed by atoms with E-state index in [0.29, 0.717) is 12.3 Å². The zero-order chi connectivity index (χ0) is 15.4.